The molecule has 2 aromatic heterocycles. The van der Waals surface area contributed by atoms with Crippen molar-refractivity contribution < 1.29 is 4.42 Å². The van der Waals surface area contributed by atoms with E-state index in [-0.39, 0.29) is 5.54 Å². The van der Waals surface area contributed by atoms with Crippen LogP contribution in [-0.2, 0) is 6.42 Å². The van der Waals surface area contributed by atoms with Crippen LogP contribution in [0, 0.1) is 0 Å². The van der Waals surface area contributed by atoms with Crippen LogP contribution in [0.5, 0.6) is 0 Å². The van der Waals surface area contributed by atoms with Gasteiger partial charge in [0.2, 0.25) is 5.82 Å². The molecule has 0 unspecified atom stereocenters. The Labute approximate surface area is 167 Å². The Hall–Kier alpha value is -2.35. The predicted molar refractivity (Wildman–Crippen MR) is 111 cm³/mol. The van der Waals surface area contributed by atoms with Gasteiger partial charge < -0.3 is 15.1 Å². The number of H-pyrrole nitrogens is 1. The lowest BCUT2D eigenvalue weighted by atomic mass is 9.99. The van der Waals surface area contributed by atoms with E-state index in [0.717, 1.165) is 37.8 Å². The second-order valence-electron chi connectivity index (χ2n) is 7.82. The van der Waals surface area contributed by atoms with Crippen LogP contribution in [-0.4, -0.2) is 64.3 Å². The van der Waals surface area contributed by atoms with Gasteiger partial charge in [-0.15, -0.1) is 0 Å². The van der Waals surface area contributed by atoms with Crippen LogP contribution in [0.2, 0.25) is 0 Å². The first-order valence-electron chi connectivity index (χ1n) is 10.3. The van der Waals surface area contributed by atoms with Crippen molar-refractivity contribution in [1.29, 1.82) is 0 Å². The van der Waals surface area contributed by atoms with Gasteiger partial charge in [0, 0.05) is 25.0 Å². The van der Waals surface area contributed by atoms with Crippen molar-refractivity contribution in [2.75, 3.05) is 32.7 Å². The van der Waals surface area contributed by atoms with E-state index in [2.05, 4.69) is 51.5 Å². The van der Waals surface area contributed by atoms with Gasteiger partial charge in [-0.1, -0.05) is 6.42 Å². The smallest absolute Gasteiger partial charge is 0.216 e. The van der Waals surface area contributed by atoms with E-state index in [1.807, 2.05) is 12.1 Å². The minimum absolute atomic E-state index is 0.0750. The van der Waals surface area contributed by atoms with Crippen molar-refractivity contribution in [3.05, 3.63) is 24.2 Å². The first-order valence-corrected chi connectivity index (χ1v) is 10.3. The Morgan fingerprint density at radius 3 is 2.82 bits per heavy atom. The number of nitrogens with zero attached hydrogens (tertiary/aromatic N) is 4. The van der Waals surface area contributed by atoms with Gasteiger partial charge >= 0.3 is 0 Å². The molecule has 28 heavy (non-hydrogen) atoms. The summed E-state index contributed by atoms with van der Waals surface area (Å²) < 4.78 is 5.33. The molecule has 3 heterocycles. The van der Waals surface area contributed by atoms with Crippen LogP contribution in [0.15, 0.2) is 27.8 Å². The summed E-state index contributed by atoms with van der Waals surface area (Å²) in [5.41, 5.74) is 0.0750. The molecule has 1 aliphatic heterocycles. The molecule has 0 radical (unpaired) electrons. The van der Waals surface area contributed by atoms with Crippen LogP contribution in [0.25, 0.3) is 11.6 Å². The van der Waals surface area contributed by atoms with Crippen molar-refractivity contribution in [1.82, 2.24) is 30.7 Å². The van der Waals surface area contributed by atoms with E-state index in [9.17, 15) is 0 Å². The number of hydrogen-bond acceptors (Lipinski definition) is 5. The van der Waals surface area contributed by atoms with Crippen molar-refractivity contribution in [3.63, 3.8) is 0 Å². The third-order valence-electron chi connectivity index (χ3n) is 5.11. The highest BCUT2D eigenvalue weighted by Gasteiger charge is 2.27. The largest absolute Gasteiger partial charge is 0.461 e. The highest BCUT2D eigenvalue weighted by atomic mass is 16.3. The maximum atomic E-state index is 5.33. The van der Waals surface area contributed by atoms with E-state index in [0.29, 0.717) is 11.6 Å². The van der Waals surface area contributed by atoms with Gasteiger partial charge in [0.05, 0.1) is 12.8 Å². The number of aromatic amines is 1. The Morgan fingerprint density at radius 1 is 1.29 bits per heavy atom. The lowest BCUT2D eigenvalue weighted by Crippen LogP contribution is -2.49. The summed E-state index contributed by atoms with van der Waals surface area (Å²) in [4.78, 5) is 11.9. The number of rotatable bonds is 8. The summed E-state index contributed by atoms with van der Waals surface area (Å²) in [6.45, 7) is 11.3. The summed E-state index contributed by atoms with van der Waals surface area (Å²) in [6, 6.07) is 3.68. The van der Waals surface area contributed by atoms with Crippen LogP contribution in [0.1, 0.15) is 45.9 Å². The zero-order chi connectivity index (χ0) is 19.8. The van der Waals surface area contributed by atoms with Crippen LogP contribution in [0.4, 0.5) is 0 Å². The number of aromatic nitrogens is 3. The maximum Gasteiger partial charge on any atom is 0.216 e. The molecule has 0 aromatic carbocycles. The number of likely N-dealkylation sites (tertiary alicyclic amines) is 1. The van der Waals surface area contributed by atoms with Crippen molar-refractivity contribution in [2.45, 2.75) is 52.0 Å². The molecule has 0 bridgehead atoms. The molecule has 3 N–H and O–H groups in total. The number of furan rings is 1. The molecular formula is C20H33N7O. The van der Waals surface area contributed by atoms with Gasteiger partial charge in [0.15, 0.2) is 11.7 Å². The van der Waals surface area contributed by atoms with E-state index >= 15 is 0 Å². The summed E-state index contributed by atoms with van der Waals surface area (Å²) in [5.74, 6) is 2.93. The van der Waals surface area contributed by atoms with Gasteiger partial charge in [0.25, 0.3) is 0 Å². The number of nitrogens with one attached hydrogen (secondary N) is 3. The molecule has 8 heteroatoms. The molecule has 0 saturated carbocycles. The van der Waals surface area contributed by atoms with Gasteiger partial charge in [-0.25, -0.2) is 4.98 Å². The number of hydrogen-bond donors (Lipinski definition) is 3. The topological polar surface area (TPSA) is 94.4 Å². The number of guanidine groups is 1. The number of piperidine rings is 1. The van der Waals surface area contributed by atoms with Gasteiger partial charge in [-0.05, 0) is 58.8 Å². The highest BCUT2D eigenvalue weighted by molar-refractivity contribution is 5.79. The first-order chi connectivity index (χ1) is 13.6. The third-order valence-corrected chi connectivity index (χ3v) is 5.11. The minimum atomic E-state index is 0.0750. The standard InChI is InChI=1S/C20H33N7O/c1-4-21-19(23-15-20(2,3)27-12-6-5-7-13-27)22-11-10-17-24-18(26-25-17)16-9-8-14-28-16/h8-9,14H,4-7,10-13,15H2,1-3H3,(H2,21,22,23)(H,24,25,26). The van der Waals surface area contributed by atoms with E-state index in [4.69, 9.17) is 9.41 Å². The molecular weight excluding hydrogens is 354 g/mol. The summed E-state index contributed by atoms with van der Waals surface area (Å²) >= 11 is 0. The Bertz CT molecular complexity index is 730. The normalized spacial score (nSPS) is 16.3. The Kier molecular flexibility index (Phi) is 7.08. The SMILES string of the molecule is CCNC(=NCC(C)(C)N1CCCCC1)NCCc1nc(-c2ccco2)n[nH]1. The van der Waals surface area contributed by atoms with Crippen LogP contribution >= 0.6 is 0 Å². The molecule has 154 valence electrons. The minimum Gasteiger partial charge on any atom is -0.461 e. The zero-order valence-electron chi connectivity index (χ0n) is 17.3. The molecule has 1 aliphatic rings. The quantitative estimate of drug-likeness (QED) is 0.476. The fourth-order valence-electron chi connectivity index (χ4n) is 3.44. The monoisotopic (exact) mass is 387 g/mol. The fraction of sp³-hybridized carbons (Fsp3) is 0.650. The maximum absolute atomic E-state index is 5.33. The molecule has 0 atom stereocenters. The number of aliphatic imine (C=N–C) groups is 1. The van der Waals surface area contributed by atoms with E-state index in [1.54, 1.807) is 6.26 Å². The second kappa shape index (κ2) is 9.73. The average molecular weight is 388 g/mol. The molecule has 0 amide bonds. The first kappa shape index (κ1) is 20.4. The molecule has 0 spiro atoms. The third kappa shape index (κ3) is 5.58. The van der Waals surface area contributed by atoms with Crippen molar-refractivity contribution in [3.8, 4) is 11.6 Å². The van der Waals surface area contributed by atoms with Gasteiger partial charge in [-0.2, -0.15) is 5.10 Å². The fourth-order valence-corrected chi connectivity index (χ4v) is 3.44. The zero-order valence-corrected chi connectivity index (χ0v) is 17.3. The van der Waals surface area contributed by atoms with Gasteiger partial charge in [0.1, 0.15) is 5.82 Å². The van der Waals surface area contributed by atoms with Crippen molar-refractivity contribution in [2.24, 2.45) is 4.99 Å². The second-order valence-corrected chi connectivity index (χ2v) is 7.82. The van der Waals surface area contributed by atoms with Crippen LogP contribution in [0.3, 0.4) is 0 Å². The summed E-state index contributed by atoms with van der Waals surface area (Å²) in [7, 11) is 0. The van der Waals surface area contributed by atoms with Gasteiger partial charge in [-0.3, -0.25) is 15.0 Å². The molecule has 2 aromatic rings. The highest BCUT2D eigenvalue weighted by Crippen LogP contribution is 2.20. The summed E-state index contributed by atoms with van der Waals surface area (Å²) in [6.07, 6.45) is 6.29. The lowest BCUT2D eigenvalue weighted by Gasteiger charge is -2.40. The molecule has 3 rings (SSSR count). The molecule has 8 nitrogen and oxygen atoms in total. The Balaban J connectivity index is 1.50. The predicted octanol–water partition coefficient (Wildman–Crippen LogP) is 2.43. The van der Waals surface area contributed by atoms with E-state index in [1.165, 1.54) is 32.4 Å². The van der Waals surface area contributed by atoms with Crippen molar-refractivity contribution >= 4 is 5.96 Å². The molecule has 1 fully saturated rings. The Morgan fingerprint density at radius 2 is 2.11 bits per heavy atom. The molecule has 0 aliphatic carbocycles. The van der Waals surface area contributed by atoms with E-state index < -0.39 is 0 Å². The molecule has 1 saturated heterocycles. The average Bonchev–Trinajstić information content (AvgIpc) is 3.39. The lowest BCUT2D eigenvalue weighted by molar-refractivity contribution is 0.102. The van der Waals surface area contributed by atoms with Crippen LogP contribution < -0.4 is 10.6 Å². The summed E-state index contributed by atoms with van der Waals surface area (Å²) in [5, 5.41) is 13.9.